The summed E-state index contributed by atoms with van der Waals surface area (Å²) in [6.45, 7) is 3.82. The van der Waals surface area contributed by atoms with Gasteiger partial charge in [0.1, 0.15) is 11.5 Å². The van der Waals surface area contributed by atoms with E-state index in [1.54, 1.807) is 0 Å². The highest BCUT2D eigenvalue weighted by atomic mass is 32.2. The van der Waals surface area contributed by atoms with Crippen LogP contribution in [0.5, 0.6) is 0 Å². The third kappa shape index (κ3) is 4.89. The van der Waals surface area contributed by atoms with E-state index in [-0.39, 0.29) is 12.5 Å². The molecule has 1 aliphatic heterocycles. The normalized spacial score (nSPS) is 34.2. The fraction of sp³-hybridized carbons (Fsp3) is 0.923. The van der Waals surface area contributed by atoms with E-state index in [9.17, 15) is 20.1 Å². The molecule has 0 saturated carbocycles. The summed E-state index contributed by atoms with van der Waals surface area (Å²) in [5, 5.41) is 40.6. The molecule has 1 fully saturated rings. The molecule has 5 atom stereocenters. The van der Waals surface area contributed by atoms with E-state index in [1.165, 1.54) is 0 Å². The lowest BCUT2D eigenvalue weighted by Crippen LogP contribution is -2.60. The zero-order valence-corrected chi connectivity index (χ0v) is 12.7. The Hall–Kier alpha value is -0.340. The molecule has 0 aliphatic carbocycles. The molecule has 6 nitrogen and oxygen atoms in total. The van der Waals surface area contributed by atoms with Gasteiger partial charge in [-0.25, -0.2) is 0 Å². The molecule has 1 saturated heterocycles. The molecule has 0 radical (unpaired) electrons. The zero-order valence-electron chi connectivity index (χ0n) is 11.9. The van der Waals surface area contributed by atoms with Crippen LogP contribution in [-0.2, 0) is 4.79 Å². The number of aliphatic hydroxyl groups excluding tert-OH is 4. The van der Waals surface area contributed by atoms with Crippen LogP contribution >= 0.6 is 11.8 Å². The lowest BCUT2D eigenvalue weighted by Gasteiger charge is -2.39. The molecule has 1 heterocycles. The maximum absolute atomic E-state index is 11.8. The summed E-state index contributed by atoms with van der Waals surface area (Å²) in [7, 11) is 0. The largest absolute Gasteiger partial charge is 0.395 e. The Kier molecular flexibility index (Phi) is 7.25. The zero-order chi connectivity index (χ0) is 15.3. The fourth-order valence-electron chi connectivity index (χ4n) is 2.18. The van der Waals surface area contributed by atoms with Crippen molar-refractivity contribution < 1.29 is 25.2 Å². The first kappa shape index (κ1) is 17.7. The van der Waals surface area contributed by atoms with Gasteiger partial charge in [0.05, 0.1) is 24.0 Å². The fourth-order valence-corrected chi connectivity index (χ4v) is 3.35. The van der Waals surface area contributed by atoms with Crippen LogP contribution in [0.2, 0.25) is 0 Å². The molecule has 0 bridgehead atoms. The van der Waals surface area contributed by atoms with Crippen molar-refractivity contribution in [3.63, 3.8) is 0 Å². The molecule has 1 aliphatic rings. The number of nitrogens with one attached hydrogen (secondary N) is 1. The van der Waals surface area contributed by atoms with Gasteiger partial charge in [-0.1, -0.05) is 20.3 Å². The van der Waals surface area contributed by atoms with E-state index >= 15 is 0 Å². The van der Waals surface area contributed by atoms with Crippen LogP contribution in [-0.4, -0.2) is 61.9 Å². The number of hydrogen-bond acceptors (Lipinski definition) is 6. The molecule has 1 amide bonds. The van der Waals surface area contributed by atoms with Crippen molar-refractivity contribution in [2.75, 3.05) is 6.61 Å². The molecule has 7 heteroatoms. The van der Waals surface area contributed by atoms with Gasteiger partial charge in [0.25, 0.3) is 0 Å². The van der Waals surface area contributed by atoms with E-state index in [2.05, 4.69) is 19.2 Å². The maximum Gasteiger partial charge on any atom is 0.220 e. The maximum atomic E-state index is 11.8. The molecule has 5 N–H and O–H groups in total. The number of hydrogen-bond donors (Lipinski definition) is 5. The highest BCUT2D eigenvalue weighted by molar-refractivity contribution is 8.00. The molecule has 0 spiro atoms. The number of thioether (sulfide) groups is 1. The summed E-state index contributed by atoms with van der Waals surface area (Å²) in [4.78, 5) is 11.8. The Morgan fingerprint density at radius 2 is 1.90 bits per heavy atom. The van der Waals surface area contributed by atoms with Gasteiger partial charge in [-0.05, 0) is 12.3 Å². The first-order valence-electron chi connectivity index (χ1n) is 6.96. The summed E-state index contributed by atoms with van der Waals surface area (Å²) >= 11 is 0.958. The summed E-state index contributed by atoms with van der Waals surface area (Å²) in [5.74, 6) is 0.278. The molecule has 1 rings (SSSR count). The standard InChI is InChI=1S/C13H25NO5S/c1-7(2)4-3-5-9(16)14-10-12(18)11(17)8(6-15)20-13(10)19/h7-8,10-13,15,17-19H,3-6H2,1-2H3,(H,14,16). The summed E-state index contributed by atoms with van der Waals surface area (Å²) < 4.78 is 0. The third-order valence-corrected chi connectivity index (χ3v) is 4.76. The van der Waals surface area contributed by atoms with Crippen LogP contribution in [0, 0.1) is 5.92 Å². The smallest absolute Gasteiger partial charge is 0.220 e. The van der Waals surface area contributed by atoms with E-state index in [0.29, 0.717) is 12.3 Å². The molecular weight excluding hydrogens is 282 g/mol. The quantitative estimate of drug-likeness (QED) is 0.450. The van der Waals surface area contributed by atoms with Gasteiger partial charge in [-0.2, -0.15) is 0 Å². The van der Waals surface area contributed by atoms with Crippen LogP contribution in [0.4, 0.5) is 0 Å². The van der Waals surface area contributed by atoms with Crippen molar-refractivity contribution in [3.8, 4) is 0 Å². The predicted octanol–water partition coefficient (Wildman–Crippen LogP) is -0.555. The Bertz CT molecular complexity index is 315. The highest BCUT2D eigenvalue weighted by Crippen LogP contribution is 2.31. The number of amides is 1. The summed E-state index contributed by atoms with van der Waals surface area (Å²) in [5.41, 5.74) is -1.04. The molecule has 0 aromatic rings. The highest BCUT2D eigenvalue weighted by Gasteiger charge is 2.43. The number of carbonyl (C=O) groups is 1. The first-order chi connectivity index (χ1) is 9.36. The van der Waals surface area contributed by atoms with Gasteiger partial charge < -0.3 is 25.7 Å². The van der Waals surface area contributed by atoms with Gasteiger partial charge in [0.2, 0.25) is 5.91 Å². The minimum Gasteiger partial charge on any atom is -0.395 e. The van der Waals surface area contributed by atoms with Gasteiger partial charge in [0.15, 0.2) is 0 Å². The minimum absolute atomic E-state index is 0.246. The predicted molar refractivity (Wildman–Crippen MR) is 77.1 cm³/mol. The average Bonchev–Trinajstić information content (AvgIpc) is 2.38. The van der Waals surface area contributed by atoms with Crippen molar-refractivity contribution in [3.05, 3.63) is 0 Å². The van der Waals surface area contributed by atoms with Crippen molar-refractivity contribution in [1.29, 1.82) is 0 Å². The summed E-state index contributed by atoms with van der Waals surface area (Å²) in [6, 6.07) is -0.913. The topological polar surface area (TPSA) is 110 Å². The summed E-state index contributed by atoms with van der Waals surface area (Å²) in [6.07, 6.45) is -0.435. The number of carbonyl (C=O) groups excluding carboxylic acids is 1. The monoisotopic (exact) mass is 307 g/mol. The van der Waals surface area contributed by atoms with Crippen LogP contribution < -0.4 is 5.32 Å². The first-order valence-corrected chi connectivity index (χ1v) is 7.91. The van der Waals surface area contributed by atoms with Crippen LogP contribution in [0.3, 0.4) is 0 Å². The second kappa shape index (κ2) is 8.19. The van der Waals surface area contributed by atoms with E-state index in [1.807, 2.05) is 0 Å². The van der Waals surface area contributed by atoms with Crippen LogP contribution in [0.25, 0.3) is 0 Å². The average molecular weight is 307 g/mol. The molecule has 0 aromatic carbocycles. The van der Waals surface area contributed by atoms with Crippen LogP contribution in [0.1, 0.15) is 33.1 Å². The van der Waals surface area contributed by atoms with E-state index in [4.69, 9.17) is 5.11 Å². The van der Waals surface area contributed by atoms with Gasteiger partial charge >= 0.3 is 0 Å². The van der Waals surface area contributed by atoms with Crippen molar-refractivity contribution in [2.24, 2.45) is 5.92 Å². The molecule has 0 aromatic heterocycles. The Morgan fingerprint density at radius 1 is 1.25 bits per heavy atom. The van der Waals surface area contributed by atoms with Gasteiger partial charge in [0, 0.05) is 6.42 Å². The minimum atomic E-state index is -1.28. The van der Waals surface area contributed by atoms with Crippen LogP contribution in [0.15, 0.2) is 0 Å². The SMILES string of the molecule is CC(C)CCCC(=O)NC1C(O)SC(CO)C(O)C1O. The molecule has 5 unspecified atom stereocenters. The Morgan fingerprint density at radius 3 is 2.45 bits per heavy atom. The lowest BCUT2D eigenvalue weighted by molar-refractivity contribution is -0.125. The third-order valence-electron chi connectivity index (χ3n) is 3.41. The number of rotatable bonds is 6. The number of aliphatic hydroxyl groups is 4. The van der Waals surface area contributed by atoms with Crippen molar-refractivity contribution >= 4 is 17.7 Å². The van der Waals surface area contributed by atoms with E-state index in [0.717, 1.165) is 24.6 Å². The second-order valence-corrected chi connectivity index (χ2v) is 6.97. The molecule has 20 heavy (non-hydrogen) atoms. The Balaban J connectivity index is 2.47. The van der Waals surface area contributed by atoms with E-state index < -0.39 is 28.9 Å². The lowest BCUT2D eigenvalue weighted by atomic mass is 10.0. The Labute approximate surface area is 123 Å². The molecule has 118 valence electrons. The van der Waals surface area contributed by atoms with Crippen molar-refractivity contribution in [1.82, 2.24) is 5.32 Å². The molecular formula is C13H25NO5S. The van der Waals surface area contributed by atoms with Gasteiger partial charge in [-0.3, -0.25) is 4.79 Å². The second-order valence-electron chi connectivity index (χ2n) is 5.61. The van der Waals surface area contributed by atoms with Gasteiger partial charge in [-0.15, -0.1) is 11.8 Å². The van der Waals surface area contributed by atoms with Crippen molar-refractivity contribution in [2.45, 2.75) is 62.0 Å².